The van der Waals surface area contributed by atoms with Gasteiger partial charge in [0.2, 0.25) is 0 Å². The van der Waals surface area contributed by atoms with Crippen molar-refractivity contribution >= 4 is 38.2 Å². The zero-order valence-corrected chi connectivity index (χ0v) is 25.8. The van der Waals surface area contributed by atoms with Crippen LogP contribution in [0, 0.1) is 6.92 Å². The molecule has 5 rings (SSSR count). The Morgan fingerprint density at radius 2 is 1.73 bits per heavy atom. The van der Waals surface area contributed by atoms with Gasteiger partial charge in [0, 0.05) is 35.5 Å². The Balaban J connectivity index is 0.000000591. The molecule has 0 saturated carbocycles. The van der Waals surface area contributed by atoms with E-state index in [1.165, 1.54) is 36.3 Å². The summed E-state index contributed by atoms with van der Waals surface area (Å²) < 4.78 is 61.4. The van der Waals surface area contributed by atoms with Crippen LogP contribution in [0.2, 0.25) is 0 Å². The number of ether oxygens (including phenoxy) is 1. The van der Waals surface area contributed by atoms with E-state index in [9.17, 15) is 26.4 Å². The second-order valence-corrected chi connectivity index (χ2v) is 13.0. The van der Waals surface area contributed by atoms with E-state index in [0.717, 1.165) is 48.4 Å². The van der Waals surface area contributed by atoms with Crippen LogP contribution < -0.4 is 10.1 Å². The van der Waals surface area contributed by atoms with Gasteiger partial charge in [-0.25, -0.2) is 18.2 Å². The highest BCUT2D eigenvalue weighted by molar-refractivity contribution is 7.90. The molecule has 1 amide bonds. The molecule has 0 radical (unpaired) electrons. The number of carbonyl (C=O) groups is 2. The van der Waals surface area contributed by atoms with Gasteiger partial charge < -0.3 is 9.84 Å². The van der Waals surface area contributed by atoms with Gasteiger partial charge in [0.1, 0.15) is 11.5 Å². The van der Waals surface area contributed by atoms with Gasteiger partial charge in [0.15, 0.2) is 15.0 Å². The summed E-state index contributed by atoms with van der Waals surface area (Å²) >= 11 is 1.41. The van der Waals surface area contributed by atoms with Crippen molar-refractivity contribution < 1.29 is 41.0 Å². The van der Waals surface area contributed by atoms with Crippen LogP contribution in [0.1, 0.15) is 34.5 Å². The highest BCUT2D eigenvalue weighted by atomic mass is 32.2. The van der Waals surface area contributed by atoms with Crippen LogP contribution in [0.3, 0.4) is 0 Å². The SMILES string of the molecule is Cc1cccnc1-c1cc(Oc2ccc(S(C)(=O)=O)cc2)cc(C(=O)Nc2nc(CN3CCCC3)cs2)c1.O=C(O)C(F)(F)F. The van der Waals surface area contributed by atoms with Crippen LogP contribution in [-0.2, 0) is 21.2 Å². The van der Waals surface area contributed by atoms with E-state index < -0.39 is 22.0 Å². The molecule has 0 atom stereocenters. The van der Waals surface area contributed by atoms with Gasteiger partial charge >= 0.3 is 12.1 Å². The first-order chi connectivity index (χ1) is 21.2. The van der Waals surface area contributed by atoms with E-state index in [0.29, 0.717) is 22.2 Å². The number of hydrogen-bond acceptors (Lipinski definition) is 9. The molecule has 1 fully saturated rings. The van der Waals surface area contributed by atoms with Gasteiger partial charge in [-0.3, -0.25) is 20.0 Å². The van der Waals surface area contributed by atoms with Crippen molar-refractivity contribution in [3.8, 4) is 22.8 Å². The van der Waals surface area contributed by atoms with E-state index in [-0.39, 0.29) is 10.8 Å². The number of halogens is 3. The van der Waals surface area contributed by atoms with E-state index in [1.807, 2.05) is 30.5 Å². The van der Waals surface area contributed by atoms with Crippen LogP contribution in [0.5, 0.6) is 11.5 Å². The Hall–Kier alpha value is -4.34. The fraction of sp³-hybridized carbons (Fsp3) is 0.267. The second kappa shape index (κ2) is 14.2. The number of aromatic nitrogens is 2. The van der Waals surface area contributed by atoms with E-state index >= 15 is 0 Å². The molecule has 10 nitrogen and oxygen atoms in total. The molecular formula is C30H29F3N4O6S2. The minimum atomic E-state index is -5.08. The quantitative estimate of drug-likeness (QED) is 0.226. The molecule has 1 aliphatic rings. The molecule has 0 aliphatic carbocycles. The fourth-order valence-corrected chi connectivity index (χ4v) is 5.71. The number of hydrogen-bond donors (Lipinski definition) is 2. The number of thiazole rings is 1. The van der Waals surface area contributed by atoms with Crippen molar-refractivity contribution in [2.75, 3.05) is 24.7 Å². The van der Waals surface area contributed by atoms with Crippen molar-refractivity contribution in [2.24, 2.45) is 0 Å². The molecule has 1 saturated heterocycles. The Kier molecular flexibility index (Phi) is 10.6. The summed E-state index contributed by atoms with van der Waals surface area (Å²) in [5.41, 5.74) is 3.77. The van der Waals surface area contributed by atoms with Crippen LogP contribution in [0.25, 0.3) is 11.3 Å². The summed E-state index contributed by atoms with van der Waals surface area (Å²) in [6.07, 6.45) is 0.208. The minimum Gasteiger partial charge on any atom is -0.475 e. The third-order valence-electron chi connectivity index (χ3n) is 6.54. The summed E-state index contributed by atoms with van der Waals surface area (Å²) in [4.78, 5) is 33.9. The third-order valence-corrected chi connectivity index (χ3v) is 8.47. The van der Waals surface area contributed by atoms with Crippen LogP contribution in [-0.4, -0.2) is 65.8 Å². The lowest BCUT2D eigenvalue weighted by molar-refractivity contribution is -0.192. The zero-order valence-electron chi connectivity index (χ0n) is 24.2. The number of sulfone groups is 1. The van der Waals surface area contributed by atoms with Crippen LogP contribution in [0.15, 0.2) is 71.1 Å². The largest absolute Gasteiger partial charge is 0.490 e. The Labute approximate surface area is 261 Å². The van der Waals surface area contributed by atoms with E-state index in [2.05, 4.69) is 20.2 Å². The van der Waals surface area contributed by atoms with Gasteiger partial charge in [0.05, 0.1) is 16.3 Å². The predicted octanol–water partition coefficient (Wildman–Crippen LogP) is 6.19. The van der Waals surface area contributed by atoms with E-state index in [4.69, 9.17) is 14.6 Å². The topological polar surface area (TPSA) is 139 Å². The molecule has 2 aromatic carbocycles. The number of anilines is 1. The highest BCUT2D eigenvalue weighted by Gasteiger charge is 2.38. The average molecular weight is 663 g/mol. The molecule has 0 bridgehead atoms. The number of amides is 1. The number of pyridine rings is 1. The smallest absolute Gasteiger partial charge is 0.475 e. The molecule has 1 aliphatic heterocycles. The number of alkyl halides is 3. The average Bonchev–Trinajstić information content (AvgIpc) is 3.65. The van der Waals surface area contributed by atoms with Gasteiger partial charge in [-0.15, -0.1) is 11.3 Å². The molecule has 2 aromatic heterocycles. The maximum atomic E-state index is 13.3. The Morgan fingerprint density at radius 1 is 1.07 bits per heavy atom. The fourth-order valence-electron chi connectivity index (χ4n) is 4.38. The monoisotopic (exact) mass is 662 g/mol. The van der Waals surface area contributed by atoms with Crippen molar-refractivity contribution in [1.29, 1.82) is 0 Å². The summed E-state index contributed by atoms with van der Waals surface area (Å²) in [5.74, 6) is -2.18. The van der Waals surface area contributed by atoms with Crippen molar-refractivity contribution in [3.05, 3.63) is 83.0 Å². The zero-order chi connectivity index (χ0) is 32.8. The number of nitrogens with one attached hydrogen (secondary N) is 1. The summed E-state index contributed by atoms with van der Waals surface area (Å²) in [6.45, 7) is 4.91. The normalized spacial score (nSPS) is 13.5. The molecule has 238 valence electrons. The number of benzene rings is 2. The molecule has 45 heavy (non-hydrogen) atoms. The van der Waals surface area contributed by atoms with Gasteiger partial charge in [-0.2, -0.15) is 13.2 Å². The molecule has 2 N–H and O–H groups in total. The Bertz CT molecular complexity index is 1770. The first kappa shape index (κ1) is 33.6. The highest BCUT2D eigenvalue weighted by Crippen LogP contribution is 2.31. The van der Waals surface area contributed by atoms with Crippen molar-refractivity contribution in [2.45, 2.75) is 37.4 Å². The standard InChI is InChI=1S/C28H28N4O4S2.C2HF3O2/c1-19-6-5-11-29-26(19)20-14-21(16-24(15-20)36-23-7-9-25(10-8-23)38(2,34)35)27(33)31-28-30-22(18-37-28)17-32-12-3-4-13-32;3-2(4,5)1(6)7/h5-11,14-16,18H,3-4,12-13,17H2,1-2H3,(H,30,31,33);(H,6,7). The number of nitrogens with zero attached hydrogens (tertiary/aromatic N) is 3. The number of aryl methyl sites for hydroxylation is 1. The summed E-state index contributed by atoms with van der Waals surface area (Å²) in [6, 6.07) is 15.2. The van der Waals surface area contributed by atoms with E-state index in [1.54, 1.807) is 30.5 Å². The second-order valence-electron chi connectivity index (χ2n) is 10.1. The number of carboxylic acids is 1. The maximum Gasteiger partial charge on any atom is 0.490 e. The molecule has 15 heteroatoms. The number of carbonyl (C=O) groups excluding carboxylic acids is 1. The number of carboxylic acid groups (broad SMARTS) is 1. The molecule has 4 aromatic rings. The lowest BCUT2D eigenvalue weighted by atomic mass is 10.0. The summed E-state index contributed by atoms with van der Waals surface area (Å²) in [7, 11) is -3.32. The number of rotatable bonds is 8. The first-order valence-electron chi connectivity index (χ1n) is 13.5. The molecule has 3 heterocycles. The van der Waals surface area contributed by atoms with Crippen LogP contribution in [0.4, 0.5) is 18.3 Å². The molecule has 0 unspecified atom stereocenters. The first-order valence-corrected chi connectivity index (χ1v) is 16.3. The third kappa shape index (κ3) is 9.57. The number of aliphatic carboxylic acids is 1. The van der Waals surface area contributed by atoms with Gasteiger partial charge in [-0.05, 0) is 86.9 Å². The summed E-state index contributed by atoms with van der Waals surface area (Å²) in [5, 5.41) is 12.6. The van der Waals surface area contributed by atoms with Crippen molar-refractivity contribution in [1.82, 2.24) is 14.9 Å². The lowest BCUT2D eigenvalue weighted by Gasteiger charge is -2.13. The molecular weight excluding hydrogens is 633 g/mol. The lowest BCUT2D eigenvalue weighted by Crippen LogP contribution is -2.21. The van der Waals surface area contributed by atoms with Crippen molar-refractivity contribution in [3.63, 3.8) is 0 Å². The van der Waals surface area contributed by atoms with Crippen LogP contribution >= 0.6 is 11.3 Å². The number of likely N-dealkylation sites (tertiary alicyclic amines) is 1. The minimum absolute atomic E-state index is 0.204. The Morgan fingerprint density at radius 3 is 2.33 bits per heavy atom. The maximum absolute atomic E-state index is 13.3. The molecule has 0 spiro atoms. The predicted molar refractivity (Wildman–Crippen MR) is 162 cm³/mol. The van der Waals surface area contributed by atoms with Gasteiger partial charge in [0.25, 0.3) is 5.91 Å². The van der Waals surface area contributed by atoms with Gasteiger partial charge in [-0.1, -0.05) is 6.07 Å².